The summed E-state index contributed by atoms with van der Waals surface area (Å²) in [4.78, 5) is 15.9. The van der Waals surface area contributed by atoms with Crippen LogP contribution in [0.5, 0.6) is 0 Å². The fourth-order valence-corrected chi connectivity index (χ4v) is 14.2. The summed E-state index contributed by atoms with van der Waals surface area (Å²) in [5.41, 5.74) is 12.8. The monoisotopic (exact) mass is 1840 g/mol. The van der Waals surface area contributed by atoms with E-state index in [9.17, 15) is 0 Å². The first-order valence-corrected chi connectivity index (χ1v) is 35.8. The van der Waals surface area contributed by atoms with Crippen molar-refractivity contribution in [1.82, 2.24) is 28.2 Å². The summed E-state index contributed by atoms with van der Waals surface area (Å²) in [5, 5.41) is 5.29. The number of pyridine rings is 2. The molecule has 502 valence electrons. The number of hydrogen-bond acceptors (Lipinski definition) is 2. The van der Waals surface area contributed by atoms with E-state index in [4.69, 9.17) is 0 Å². The van der Waals surface area contributed by atoms with E-state index in [1.807, 2.05) is 12.7 Å². The van der Waals surface area contributed by atoms with Crippen molar-refractivity contribution in [3.8, 4) is 0 Å². The van der Waals surface area contributed by atoms with Crippen molar-refractivity contribution in [3.05, 3.63) is 204 Å². The SMILES string of the molecule is Brc1c[nH+]c(CCCCCCCCCCc2[nH+]cc(Br)c3ccccc23)c2ccccc12.C[n+]1cn(CCCCCCCCCCn2c[n+](C)c3ccccc32)c2ccccc21.[I-].[I-].[I-].[I-].c1ccc2c(c1)ncn2CCCCCCCCCCn1cnc2ccccc21. The Balaban J connectivity index is 0.000000219. The Kier molecular flexibility index (Phi) is 36.4. The van der Waals surface area contributed by atoms with Gasteiger partial charge in [-0.05, 0) is 144 Å². The third-order valence-electron chi connectivity index (χ3n) is 18.3. The molecule has 0 atom stereocenters. The molecule has 6 aromatic carbocycles. The molecule has 0 radical (unpaired) electrons. The van der Waals surface area contributed by atoms with Gasteiger partial charge in [-0.1, -0.05) is 188 Å². The number of nitrogens with one attached hydrogen (secondary N) is 2. The van der Waals surface area contributed by atoms with Crippen molar-refractivity contribution in [3.63, 3.8) is 0 Å². The number of aryl methyl sites for hydroxylation is 8. The number of rotatable bonds is 33. The molecule has 12 aromatic rings. The minimum Gasteiger partial charge on any atom is -1.00 e. The van der Waals surface area contributed by atoms with Gasteiger partial charge >= 0.3 is 0 Å². The number of hydrogen-bond donors (Lipinski definition) is 0. The maximum Gasteiger partial charge on any atom is 0.244 e. The predicted octanol–water partition coefficient (Wildman–Crippen LogP) is 7.34. The maximum atomic E-state index is 4.47. The zero-order valence-corrected chi connectivity index (χ0v) is 67.2. The van der Waals surface area contributed by atoms with E-state index in [-0.39, 0.29) is 95.9 Å². The van der Waals surface area contributed by atoms with Crippen LogP contribution in [0.3, 0.4) is 0 Å². The second kappa shape index (κ2) is 43.3. The van der Waals surface area contributed by atoms with E-state index in [1.54, 1.807) is 0 Å². The fourth-order valence-electron chi connectivity index (χ4n) is 13.3. The van der Waals surface area contributed by atoms with Gasteiger partial charge in [-0.2, -0.15) is 0 Å². The molecule has 0 fully saturated rings. The van der Waals surface area contributed by atoms with Gasteiger partial charge in [0.1, 0.15) is 0 Å². The number of unbranched alkanes of at least 4 members (excludes halogenated alkanes) is 21. The van der Waals surface area contributed by atoms with Crippen LogP contribution in [-0.4, -0.2) is 28.2 Å². The molecule has 0 bridgehead atoms. The lowest BCUT2D eigenvalue weighted by Crippen LogP contribution is -3.00. The number of fused-ring (bicyclic) bond motifs is 6. The molecule has 16 heteroatoms. The molecule has 0 unspecified atom stereocenters. The molecule has 0 aliphatic rings. The van der Waals surface area contributed by atoms with E-state index >= 15 is 0 Å². The molecule has 2 N–H and O–H groups in total. The van der Waals surface area contributed by atoms with E-state index in [1.165, 1.54) is 220 Å². The number of benzene rings is 6. The average molecular weight is 1840 g/mol. The Morgan fingerprint density at radius 1 is 0.319 bits per heavy atom. The lowest BCUT2D eigenvalue weighted by molar-refractivity contribution is -0.645. The third kappa shape index (κ3) is 23.3. The van der Waals surface area contributed by atoms with Crippen molar-refractivity contribution >= 4 is 97.5 Å². The average Bonchev–Trinajstić information content (AvgIpc) is 1.16. The van der Waals surface area contributed by atoms with E-state index < -0.39 is 0 Å². The number of para-hydroxylation sites is 8. The lowest BCUT2D eigenvalue weighted by atomic mass is 10.0. The second-order valence-corrected chi connectivity index (χ2v) is 26.7. The summed E-state index contributed by atoms with van der Waals surface area (Å²) in [6, 6.07) is 51.4. The summed E-state index contributed by atoms with van der Waals surface area (Å²) in [5.74, 6) is 0. The molecule has 94 heavy (non-hydrogen) atoms. The second-order valence-electron chi connectivity index (χ2n) is 25.0. The van der Waals surface area contributed by atoms with E-state index in [2.05, 4.69) is 264 Å². The van der Waals surface area contributed by atoms with Gasteiger partial charge < -0.3 is 105 Å². The Hall–Kier alpha value is -4.10. The number of imidazole rings is 4. The van der Waals surface area contributed by atoms with Crippen molar-refractivity contribution in [1.29, 1.82) is 0 Å². The Bertz CT molecular complexity index is 3860. The Morgan fingerprint density at radius 3 is 0.957 bits per heavy atom. The molecule has 0 aliphatic heterocycles. The number of aromatic amines is 2. The van der Waals surface area contributed by atoms with Crippen LogP contribution < -0.4 is 115 Å². The van der Waals surface area contributed by atoms with Crippen LogP contribution in [0.1, 0.15) is 165 Å². The molecule has 12 rings (SSSR count). The normalized spacial score (nSPS) is 11.1. The Morgan fingerprint density at radius 2 is 0.596 bits per heavy atom. The van der Waals surface area contributed by atoms with Crippen molar-refractivity contribution in [2.24, 2.45) is 14.1 Å². The van der Waals surface area contributed by atoms with Gasteiger partial charge in [0.15, 0.2) is 45.8 Å². The lowest BCUT2D eigenvalue weighted by Gasteiger charge is -2.06. The van der Waals surface area contributed by atoms with Crippen LogP contribution in [0, 0.1) is 0 Å². The van der Waals surface area contributed by atoms with Crippen LogP contribution in [0.15, 0.2) is 192 Å². The van der Waals surface area contributed by atoms with Gasteiger partial charge in [0.05, 0.1) is 81.6 Å². The van der Waals surface area contributed by atoms with Crippen LogP contribution in [0.2, 0.25) is 0 Å². The van der Waals surface area contributed by atoms with Crippen LogP contribution in [0.25, 0.3) is 65.7 Å². The molecule has 6 aromatic heterocycles. The minimum atomic E-state index is 0. The fraction of sp³-hybridized carbons (Fsp3) is 0.410. The number of aromatic nitrogens is 10. The Labute approximate surface area is 644 Å². The summed E-state index contributed by atoms with van der Waals surface area (Å²) < 4.78 is 16.1. The smallest absolute Gasteiger partial charge is 0.244 e. The number of nitrogens with zero attached hydrogens (tertiary/aromatic N) is 8. The van der Waals surface area contributed by atoms with Gasteiger partial charge in [-0.25, -0.2) is 38.2 Å². The quantitative estimate of drug-likeness (QED) is 0.0246. The molecule has 0 spiro atoms. The zero-order valence-electron chi connectivity index (χ0n) is 55.4. The predicted molar refractivity (Wildman–Crippen MR) is 380 cm³/mol. The van der Waals surface area contributed by atoms with Crippen LogP contribution >= 0.6 is 31.9 Å². The van der Waals surface area contributed by atoms with Gasteiger partial charge in [-0.15, -0.1) is 0 Å². The molecular weight excluding hydrogens is 1740 g/mol. The highest BCUT2D eigenvalue weighted by atomic mass is 127. The van der Waals surface area contributed by atoms with Crippen molar-refractivity contribution in [2.75, 3.05) is 0 Å². The highest BCUT2D eigenvalue weighted by Gasteiger charge is 2.15. The molecular formula is C78H98Br2I4N10. The zero-order chi connectivity index (χ0) is 62.0. The summed E-state index contributed by atoms with van der Waals surface area (Å²) in [6.45, 7) is 4.42. The molecule has 10 nitrogen and oxygen atoms in total. The molecule has 0 aliphatic carbocycles. The van der Waals surface area contributed by atoms with E-state index in [0.717, 1.165) is 59.0 Å². The highest BCUT2D eigenvalue weighted by molar-refractivity contribution is 9.11. The molecule has 0 saturated heterocycles. The highest BCUT2D eigenvalue weighted by Crippen LogP contribution is 2.27. The number of H-pyrrole nitrogens is 2. The molecule has 0 saturated carbocycles. The van der Waals surface area contributed by atoms with Gasteiger partial charge in [0, 0.05) is 36.7 Å². The van der Waals surface area contributed by atoms with Crippen molar-refractivity contribution < 1.29 is 115 Å². The summed E-state index contributed by atoms with van der Waals surface area (Å²) >= 11 is 7.30. The van der Waals surface area contributed by atoms with Gasteiger partial charge in [-0.3, -0.25) is 0 Å². The first-order chi connectivity index (χ1) is 44.4. The number of halogens is 6. The first kappa shape index (κ1) is 78.9. The summed E-state index contributed by atoms with van der Waals surface area (Å²) in [6.07, 6.45) is 46.6. The van der Waals surface area contributed by atoms with Gasteiger partial charge in [0.25, 0.3) is 0 Å². The van der Waals surface area contributed by atoms with Crippen molar-refractivity contribution in [2.45, 2.75) is 193 Å². The largest absolute Gasteiger partial charge is 1.00 e. The summed E-state index contributed by atoms with van der Waals surface area (Å²) in [7, 11) is 4.27. The molecule has 6 heterocycles. The third-order valence-corrected chi connectivity index (χ3v) is 19.6. The minimum absolute atomic E-state index is 0. The molecule has 0 amide bonds. The van der Waals surface area contributed by atoms with E-state index in [0.29, 0.717) is 0 Å². The first-order valence-electron chi connectivity index (χ1n) is 34.2. The standard InChI is InChI=1S/C28H30Br2N2.C26H36N4.C24H30N4.4HI/c29-25-19-31-27(23-15-11-9-13-21(23)25)17-7-5-3-1-2-4-6-8-18-28-24-16-12-10-14-22(24)26(30)20-32-28;1-27-21-29(25-17-11-9-15-23(25)27)19-13-7-5-3-4-6-8-14-20-30-22-28(2)24-16-10-12-18-26(24)30;1(3-5-11-17-27-19-25-21-13-7-9-15-23(21)27)2-4-6-12-18-28-20-26-22-14-8-10-16-24(22)28;;;;/h9-16,19-20H,1-8,17-18H2;9-12,15-18,21-22H,3-8,13-14,19-20H2,1-2H3;7-10,13-16,19-20H,1-6,11-12,17-18H2;4*1H/q;+2;;;;;/p-2. The van der Waals surface area contributed by atoms with Gasteiger partial charge in [0.2, 0.25) is 12.7 Å². The topological polar surface area (TPSA) is 81.5 Å². The van der Waals surface area contributed by atoms with Crippen LogP contribution in [-0.2, 0) is 53.1 Å². The maximum absolute atomic E-state index is 4.47. The van der Waals surface area contributed by atoms with Crippen LogP contribution in [0.4, 0.5) is 0 Å².